The highest BCUT2D eigenvalue weighted by Gasteiger charge is 2.09. The molecule has 0 aliphatic carbocycles. The molecule has 0 radical (unpaired) electrons. The summed E-state index contributed by atoms with van der Waals surface area (Å²) in [5.74, 6) is -0.0635. The molecule has 3 N–H and O–H groups in total. The van der Waals surface area contributed by atoms with Crippen LogP contribution in [0.15, 0.2) is 18.2 Å². The van der Waals surface area contributed by atoms with Crippen LogP contribution < -0.4 is 11.1 Å². The van der Waals surface area contributed by atoms with Gasteiger partial charge in [-0.25, -0.2) is 0 Å². The molecule has 0 heterocycles. The van der Waals surface area contributed by atoms with Crippen LogP contribution in [0.5, 0.6) is 0 Å². The normalized spacial score (nSPS) is 11.6. The lowest BCUT2D eigenvalue weighted by molar-refractivity contribution is -0.124. The van der Waals surface area contributed by atoms with E-state index in [0.717, 1.165) is 6.42 Å². The van der Waals surface area contributed by atoms with E-state index in [2.05, 4.69) is 37.4 Å². The molecule has 3 nitrogen and oxygen atoms in total. The summed E-state index contributed by atoms with van der Waals surface area (Å²) in [5.41, 5.74) is 9.28. The van der Waals surface area contributed by atoms with E-state index in [1.807, 2.05) is 6.92 Å². The average Bonchev–Trinajstić information content (AvgIpc) is 2.30. The van der Waals surface area contributed by atoms with Gasteiger partial charge in [-0.05, 0) is 31.4 Å². The molecule has 1 amide bonds. The van der Waals surface area contributed by atoms with Gasteiger partial charge in [0.2, 0.25) is 5.91 Å². The fraction of sp³-hybridized carbons (Fsp3) is 0.500. The number of aryl methyl sites for hydroxylation is 2. The van der Waals surface area contributed by atoms with E-state index < -0.39 is 0 Å². The number of carbonyl (C=O) groups is 1. The number of carbonyl (C=O) groups excluding carboxylic acids is 1. The highest BCUT2D eigenvalue weighted by molar-refractivity contribution is 5.85. The van der Waals surface area contributed by atoms with Gasteiger partial charge in [-0.3, -0.25) is 4.79 Å². The fourth-order valence-electron chi connectivity index (χ4n) is 1.73. The van der Waals surface area contributed by atoms with Gasteiger partial charge in [0.05, 0.1) is 0 Å². The minimum atomic E-state index is -0.103. The van der Waals surface area contributed by atoms with Crippen LogP contribution in [0.2, 0.25) is 0 Å². The molecule has 1 aromatic rings. The second-order valence-electron chi connectivity index (χ2n) is 4.61. The summed E-state index contributed by atoms with van der Waals surface area (Å²) in [7, 11) is 0. The number of hydrogen-bond acceptors (Lipinski definition) is 2. The lowest BCUT2D eigenvalue weighted by Gasteiger charge is -2.11. The summed E-state index contributed by atoms with van der Waals surface area (Å²) in [6.07, 6.45) is 0.870. The van der Waals surface area contributed by atoms with Crippen molar-refractivity contribution in [2.24, 2.45) is 11.7 Å². The van der Waals surface area contributed by atoms with E-state index in [1.54, 1.807) is 0 Å². The zero-order chi connectivity index (χ0) is 12.8. The van der Waals surface area contributed by atoms with Crippen molar-refractivity contribution in [3.05, 3.63) is 34.9 Å². The first-order chi connectivity index (χ1) is 8.04. The topological polar surface area (TPSA) is 55.1 Å². The van der Waals surface area contributed by atoms with Crippen molar-refractivity contribution in [3.63, 3.8) is 0 Å². The van der Waals surface area contributed by atoms with Gasteiger partial charge in [-0.1, -0.05) is 30.7 Å². The zero-order valence-electron chi connectivity index (χ0n) is 11.3. The van der Waals surface area contributed by atoms with Crippen molar-refractivity contribution in [2.75, 3.05) is 13.1 Å². The van der Waals surface area contributed by atoms with Crippen LogP contribution >= 0.6 is 12.4 Å². The Bertz CT molecular complexity index is 393. The van der Waals surface area contributed by atoms with Crippen molar-refractivity contribution in [1.82, 2.24) is 5.32 Å². The van der Waals surface area contributed by atoms with Crippen LogP contribution in [0.1, 0.15) is 23.6 Å². The van der Waals surface area contributed by atoms with Gasteiger partial charge < -0.3 is 11.1 Å². The van der Waals surface area contributed by atoms with Crippen molar-refractivity contribution in [2.45, 2.75) is 27.2 Å². The smallest absolute Gasteiger partial charge is 0.224 e. The lowest BCUT2D eigenvalue weighted by Crippen LogP contribution is -2.34. The molecule has 1 aromatic carbocycles. The molecule has 18 heavy (non-hydrogen) atoms. The van der Waals surface area contributed by atoms with Gasteiger partial charge in [-0.2, -0.15) is 0 Å². The number of amides is 1. The predicted molar refractivity (Wildman–Crippen MR) is 78.1 cm³/mol. The number of nitrogens with one attached hydrogen (secondary N) is 1. The van der Waals surface area contributed by atoms with Gasteiger partial charge in [0, 0.05) is 19.0 Å². The van der Waals surface area contributed by atoms with Crippen LogP contribution in [-0.2, 0) is 11.2 Å². The van der Waals surface area contributed by atoms with Crippen LogP contribution in [0, 0.1) is 19.8 Å². The second kappa shape index (κ2) is 8.11. The summed E-state index contributed by atoms with van der Waals surface area (Å²) in [5, 5.41) is 2.90. The van der Waals surface area contributed by atoms with Crippen LogP contribution in [0.25, 0.3) is 0 Å². The molecule has 0 spiro atoms. The Kier molecular flexibility index (Phi) is 7.64. The largest absolute Gasteiger partial charge is 0.355 e. The minimum Gasteiger partial charge on any atom is -0.355 e. The van der Waals surface area contributed by atoms with Gasteiger partial charge in [0.1, 0.15) is 0 Å². The Hall–Kier alpha value is -1.06. The van der Waals surface area contributed by atoms with E-state index in [4.69, 9.17) is 5.73 Å². The number of benzene rings is 1. The number of halogens is 1. The lowest BCUT2D eigenvalue weighted by atomic mass is 10.0. The third kappa shape index (κ3) is 5.07. The summed E-state index contributed by atoms with van der Waals surface area (Å²) in [6, 6.07) is 6.40. The molecule has 0 aliphatic heterocycles. The Morgan fingerprint density at radius 2 is 2.06 bits per heavy atom. The van der Waals surface area contributed by atoms with E-state index in [9.17, 15) is 4.79 Å². The van der Waals surface area contributed by atoms with Crippen LogP contribution in [0.4, 0.5) is 0 Å². The second-order valence-corrected chi connectivity index (χ2v) is 4.61. The average molecular weight is 271 g/mol. The predicted octanol–water partition coefficient (Wildman–Crippen LogP) is 1.98. The maximum absolute atomic E-state index is 11.5. The molecule has 0 saturated carbocycles. The summed E-state index contributed by atoms with van der Waals surface area (Å²) in [4.78, 5) is 11.5. The van der Waals surface area contributed by atoms with Gasteiger partial charge in [0.25, 0.3) is 0 Å². The number of rotatable bonds is 5. The van der Waals surface area contributed by atoms with Gasteiger partial charge >= 0.3 is 0 Å². The Morgan fingerprint density at radius 1 is 1.39 bits per heavy atom. The molecule has 0 aliphatic rings. The first-order valence-electron chi connectivity index (χ1n) is 6.08. The van der Waals surface area contributed by atoms with Crippen molar-refractivity contribution >= 4 is 18.3 Å². The summed E-state index contributed by atoms with van der Waals surface area (Å²) < 4.78 is 0. The van der Waals surface area contributed by atoms with Crippen LogP contribution in [0.3, 0.4) is 0 Å². The monoisotopic (exact) mass is 270 g/mol. The van der Waals surface area contributed by atoms with Crippen molar-refractivity contribution in [3.8, 4) is 0 Å². The zero-order valence-corrected chi connectivity index (χ0v) is 12.1. The standard InChI is InChI=1S/C14H22N2O.ClH/c1-10-4-5-13(11(2)8-10)6-7-16-14(17)12(3)9-15;/h4-5,8,12H,6-7,9,15H2,1-3H3,(H,16,17);1H. The molecule has 1 rings (SSSR count). The summed E-state index contributed by atoms with van der Waals surface area (Å²) >= 11 is 0. The third-order valence-electron chi connectivity index (χ3n) is 2.99. The number of nitrogens with two attached hydrogens (primary N) is 1. The SMILES string of the molecule is Cc1ccc(CCNC(=O)C(C)CN)c(C)c1.Cl. The maximum Gasteiger partial charge on any atom is 0.224 e. The first kappa shape index (κ1) is 16.9. The highest BCUT2D eigenvalue weighted by Crippen LogP contribution is 2.10. The summed E-state index contributed by atoms with van der Waals surface area (Å²) in [6.45, 7) is 7.10. The quantitative estimate of drug-likeness (QED) is 0.860. The Morgan fingerprint density at radius 3 is 2.61 bits per heavy atom. The highest BCUT2D eigenvalue weighted by atomic mass is 35.5. The molecule has 102 valence electrons. The maximum atomic E-state index is 11.5. The van der Waals surface area contributed by atoms with Gasteiger partial charge in [0.15, 0.2) is 0 Å². The van der Waals surface area contributed by atoms with E-state index in [0.29, 0.717) is 13.1 Å². The molecule has 0 bridgehead atoms. The molecule has 0 saturated heterocycles. The Balaban J connectivity index is 0.00000289. The van der Waals surface area contributed by atoms with E-state index in [1.165, 1.54) is 16.7 Å². The fourth-order valence-corrected chi connectivity index (χ4v) is 1.73. The van der Waals surface area contributed by atoms with E-state index in [-0.39, 0.29) is 24.2 Å². The van der Waals surface area contributed by atoms with Crippen molar-refractivity contribution in [1.29, 1.82) is 0 Å². The molecule has 0 aromatic heterocycles. The third-order valence-corrected chi connectivity index (χ3v) is 2.99. The molecule has 4 heteroatoms. The van der Waals surface area contributed by atoms with Crippen molar-refractivity contribution < 1.29 is 4.79 Å². The van der Waals surface area contributed by atoms with Gasteiger partial charge in [-0.15, -0.1) is 12.4 Å². The molecule has 1 atom stereocenters. The Labute approximate surface area is 116 Å². The molecular weight excluding hydrogens is 248 g/mol. The van der Waals surface area contributed by atoms with E-state index >= 15 is 0 Å². The molecule has 0 fully saturated rings. The minimum absolute atomic E-state index is 0. The number of hydrogen-bond donors (Lipinski definition) is 2. The van der Waals surface area contributed by atoms with Crippen LogP contribution in [-0.4, -0.2) is 19.0 Å². The first-order valence-corrected chi connectivity index (χ1v) is 6.08. The molecular formula is C14H23ClN2O. The molecule has 1 unspecified atom stereocenters.